The standard InChI is InChI=1S/C20H18N4O2S/c25-27(24-8-10-26-11-9-24)16-5-6-17-19(13-16)23-20(22-17)15-4-3-14-2-1-7-21-18(14)12-15/h1-7,12-13H,8-11H2,(H,22,23). The Kier molecular flexibility index (Phi) is 4.20. The zero-order valence-electron chi connectivity index (χ0n) is 14.6. The van der Waals surface area contributed by atoms with Gasteiger partial charge in [-0.1, -0.05) is 18.2 Å². The molecule has 136 valence electrons. The molecule has 0 aliphatic carbocycles. The molecule has 0 spiro atoms. The van der Waals surface area contributed by atoms with Crippen LogP contribution in [0.2, 0.25) is 0 Å². The van der Waals surface area contributed by atoms with Crippen LogP contribution < -0.4 is 0 Å². The number of aromatic amines is 1. The third kappa shape index (κ3) is 3.14. The molecule has 1 aliphatic heterocycles. The first-order valence-corrected chi connectivity index (χ1v) is 9.98. The van der Waals surface area contributed by atoms with Crippen LogP contribution in [0.3, 0.4) is 0 Å². The van der Waals surface area contributed by atoms with Gasteiger partial charge < -0.3 is 9.72 Å². The smallest absolute Gasteiger partial charge is 0.138 e. The summed E-state index contributed by atoms with van der Waals surface area (Å²) in [5.74, 6) is 0.784. The van der Waals surface area contributed by atoms with Gasteiger partial charge in [0.1, 0.15) is 16.8 Å². The van der Waals surface area contributed by atoms with E-state index in [2.05, 4.69) is 15.0 Å². The molecule has 7 heteroatoms. The summed E-state index contributed by atoms with van der Waals surface area (Å²) in [4.78, 5) is 13.2. The maximum atomic E-state index is 12.8. The molecule has 0 bridgehead atoms. The van der Waals surface area contributed by atoms with E-state index in [1.807, 2.05) is 52.8 Å². The number of benzene rings is 2. The number of imidazole rings is 1. The topological polar surface area (TPSA) is 71.1 Å². The van der Waals surface area contributed by atoms with Crippen LogP contribution in [-0.4, -0.2) is 49.8 Å². The molecule has 0 amide bonds. The summed E-state index contributed by atoms with van der Waals surface area (Å²) in [6.45, 7) is 2.61. The van der Waals surface area contributed by atoms with Crippen molar-refractivity contribution in [1.82, 2.24) is 19.3 Å². The van der Waals surface area contributed by atoms with E-state index < -0.39 is 11.0 Å². The van der Waals surface area contributed by atoms with Gasteiger partial charge in [0.25, 0.3) is 0 Å². The zero-order chi connectivity index (χ0) is 18.2. The van der Waals surface area contributed by atoms with Crippen molar-refractivity contribution >= 4 is 32.9 Å². The summed E-state index contributed by atoms with van der Waals surface area (Å²) in [5.41, 5.74) is 3.65. The Morgan fingerprint density at radius 3 is 2.81 bits per heavy atom. The Hall–Kier alpha value is -2.61. The fraction of sp³-hybridized carbons (Fsp3) is 0.200. The summed E-state index contributed by atoms with van der Waals surface area (Å²) >= 11 is 0. The Balaban J connectivity index is 1.50. The number of ether oxygens (including phenoxy) is 1. The molecule has 4 aromatic rings. The number of H-pyrrole nitrogens is 1. The van der Waals surface area contributed by atoms with E-state index in [-0.39, 0.29) is 0 Å². The van der Waals surface area contributed by atoms with Crippen molar-refractivity contribution in [2.45, 2.75) is 4.90 Å². The van der Waals surface area contributed by atoms with Crippen LogP contribution in [0.4, 0.5) is 0 Å². The van der Waals surface area contributed by atoms with Crippen LogP contribution >= 0.6 is 0 Å². The lowest BCUT2D eigenvalue weighted by atomic mass is 10.1. The highest BCUT2D eigenvalue weighted by Crippen LogP contribution is 2.25. The number of nitrogens with zero attached hydrogens (tertiary/aromatic N) is 3. The first-order valence-electron chi connectivity index (χ1n) is 8.87. The monoisotopic (exact) mass is 378 g/mol. The highest BCUT2D eigenvalue weighted by molar-refractivity contribution is 7.82. The van der Waals surface area contributed by atoms with E-state index in [0.29, 0.717) is 26.3 Å². The predicted molar refractivity (Wildman–Crippen MR) is 106 cm³/mol. The quantitative estimate of drug-likeness (QED) is 0.595. The fourth-order valence-corrected chi connectivity index (χ4v) is 4.49. The number of morpholine rings is 1. The largest absolute Gasteiger partial charge is 0.379 e. The van der Waals surface area contributed by atoms with Gasteiger partial charge in [-0.3, -0.25) is 4.98 Å². The van der Waals surface area contributed by atoms with Crippen molar-refractivity contribution < 1.29 is 8.95 Å². The van der Waals surface area contributed by atoms with Crippen molar-refractivity contribution in [2.24, 2.45) is 0 Å². The molecule has 5 rings (SSSR count). The minimum atomic E-state index is -1.18. The second-order valence-electron chi connectivity index (χ2n) is 6.47. The highest BCUT2D eigenvalue weighted by Gasteiger charge is 2.19. The number of rotatable bonds is 3. The Labute approximate surface area is 158 Å². The normalized spacial score (nSPS) is 16.7. The maximum absolute atomic E-state index is 12.8. The van der Waals surface area contributed by atoms with Gasteiger partial charge in [0, 0.05) is 30.2 Å². The van der Waals surface area contributed by atoms with Gasteiger partial charge in [-0.2, -0.15) is 0 Å². The fourth-order valence-electron chi connectivity index (χ4n) is 3.31. The molecule has 0 saturated carbocycles. The van der Waals surface area contributed by atoms with Gasteiger partial charge >= 0.3 is 0 Å². The molecule has 1 saturated heterocycles. The van der Waals surface area contributed by atoms with Gasteiger partial charge in [0.05, 0.1) is 34.7 Å². The zero-order valence-corrected chi connectivity index (χ0v) is 15.4. The lowest BCUT2D eigenvalue weighted by molar-refractivity contribution is 0.0752. The molecule has 2 aromatic carbocycles. The van der Waals surface area contributed by atoms with Crippen LogP contribution in [0, 0.1) is 0 Å². The SMILES string of the molecule is O=S(c1ccc2nc(-c3ccc4cccnc4c3)[nH]c2c1)N1CCOCC1. The molecule has 1 aliphatic rings. The van der Waals surface area contributed by atoms with E-state index in [1.165, 1.54) is 0 Å². The number of hydrogen-bond donors (Lipinski definition) is 1. The molecule has 6 nitrogen and oxygen atoms in total. The molecule has 2 aromatic heterocycles. The van der Waals surface area contributed by atoms with E-state index in [0.717, 1.165) is 38.2 Å². The summed E-state index contributed by atoms with van der Waals surface area (Å²) in [6.07, 6.45) is 1.79. The van der Waals surface area contributed by atoms with Crippen LogP contribution in [-0.2, 0) is 15.7 Å². The van der Waals surface area contributed by atoms with Gasteiger partial charge in [-0.15, -0.1) is 0 Å². The van der Waals surface area contributed by atoms with Crippen LogP contribution in [0.25, 0.3) is 33.3 Å². The Morgan fingerprint density at radius 2 is 1.93 bits per heavy atom. The lowest BCUT2D eigenvalue weighted by Gasteiger charge is -2.25. The van der Waals surface area contributed by atoms with Gasteiger partial charge in [0.15, 0.2) is 0 Å². The van der Waals surface area contributed by atoms with Crippen molar-refractivity contribution in [3.05, 3.63) is 54.7 Å². The molecule has 1 fully saturated rings. The number of fused-ring (bicyclic) bond motifs is 2. The molecule has 1 unspecified atom stereocenters. The molecule has 3 heterocycles. The van der Waals surface area contributed by atoms with Gasteiger partial charge in [-0.05, 0) is 30.3 Å². The summed E-state index contributed by atoms with van der Waals surface area (Å²) in [7, 11) is -1.18. The third-order valence-corrected chi connectivity index (χ3v) is 6.23. The Morgan fingerprint density at radius 1 is 1.04 bits per heavy atom. The average molecular weight is 378 g/mol. The number of nitrogens with one attached hydrogen (secondary N) is 1. The second kappa shape index (κ2) is 6.84. The highest BCUT2D eigenvalue weighted by atomic mass is 32.2. The summed E-state index contributed by atoms with van der Waals surface area (Å²) in [6, 6.07) is 15.8. The molecule has 1 atom stereocenters. The van der Waals surface area contributed by atoms with Crippen LogP contribution in [0.5, 0.6) is 0 Å². The minimum absolute atomic E-state index is 0.623. The van der Waals surface area contributed by atoms with Crippen LogP contribution in [0.15, 0.2) is 59.6 Å². The van der Waals surface area contributed by atoms with Gasteiger partial charge in [-0.25, -0.2) is 13.5 Å². The number of aromatic nitrogens is 3. The molecule has 0 radical (unpaired) electrons. The molecular formula is C20H18N4O2S. The van der Waals surface area contributed by atoms with E-state index >= 15 is 0 Å². The first-order chi connectivity index (χ1) is 13.3. The average Bonchev–Trinajstić information content (AvgIpc) is 3.17. The Bertz CT molecular complexity index is 1150. The summed E-state index contributed by atoms with van der Waals surface area (Å²) < 4.78 is 20.1. The lowest BCUT2D eigenvalue weighted by Crippen LogP contribution is -2.37. The molecular weight excluding hydrogens is 360 g/mol. The van der Waals surface area contributed by atoms with Crippen molar-refractivity contribution in [1.29, 1.82) is 0 Å². The molecule has 1 N–H and O–H groups in total. The second-order valence-corrected chi connectivity index (χ2v) is 7.95. The number of pyridine rings is 1. The maximum Gasteiger partial charge on any atom is 0.138 e. The van der Waals surface area contributed by atoms with Crippen molar-refractivity contribution in [3.8, 4) is 11.4 Å². The van der Waals surface area contributed by atoms with Crippen molar-refractivity contribution in [3.63, 3.8) is 0 Å². The van der Waals surface area contributed by atoms with E-state index in [9.17, 15) is 4.21 Å². The first kappa shape index (κ1) is 16.6. The van der Waals surface area contributed by atoms with Gasteiger partial charge in [0.2, 0.25) is 0 Å². The van der Waals surface area contributed by atoms with Crippen LogP contribution in [0.1, 0.15) is 0 Å². The summed E-state index contributed by atoms with van der Waals surface area (Å²) in [5, 5.41) is 1.10. The van der Waals surface area contributed by atoms with E-state index in [4.69, 9.17) is 4.74 Å². The molecule has 27 heavy (non-hydrogen) atoms. The number of hydrogen-bond acceptors (Lipinski definition) is 4. The van der Waals surface area contributed by atoms with E-state index in [1.54, 1.807) is 6.20 Å². The minimum Gasteiger partial charge on any atom is -0.379 e. The predicted octanol–water partition coefficient (Wildman–Crippen LogP) is 3.13. The third-order valence-electron chi connectivity index (χ3n) is 4.74. The van der Waals surface area contributed by atoms with Crippen molar-refractivity contribution in [2.75, 3.05) is 26.3 Å².